The highest BCUT2D eigenvalue weighted by atomic mass is 19.1. The fraction of sp³-hybridized carbons (Fsp3) is 0.625. The molecular weight excluding hydrogens is 255 g/mol. The van der Waals surface area contributed by atoms with E-state index in [-0.39, 0.29) is 5.82 Å². The predicted octanol–water partition coefficient (Wildman–Crippen LogP) is 2.78. The first-order chi connectivity index (χ1) is 9.65. The number of rotatable bonds is 5. The van der Waals surface area contributed by atoms with Crippen molar-refractivity contribution in [1.29, 1.82) is 0 Å². The average Bonchev–Trinajstić information content (AvgIpc) is 2.42. The van der Waals surface area contributed by atoms with Gasteiger partial charge < -0.3 is 10.5 Å². The van der Waals surface area contributed by atoms with Crippen molar-refractivity contribution >= 4 is 0 Å². The third-order valence-corrected chi connectivity index (χ3v) is 4.15. The molecule has 1 fully saturated rings. The quantitative estimate of drug-likeness (QED) is 0.901. The van der Waals surface area contributed by atoms with Gasteiger partial charge in [-0.1, -0.05) is 13.0 Å². The minimum atomic E-state index is -0.279. The minimum Gasteiger partial charge on any atom is -0.491 e. The summed E-state index contributed by atoms with van der Waals surface area (Å²) >= 11 is 0. The lowest BCUT2D eigenvalue weighted by Gasteiger charge is -2.39. The van der Waals surface area contributed by atoms with Gasteiger partial charge in [0.05, 0.1) is 6.61 Å². The molecule has 0 bridgehead atoms. The zero-order valence-electron chi connectivity index (χ0n) is 12.4. The fourth-order valence-corrected chi connectivity index (χ4v) is 3.06. The first-order valence-corrected chi connectivity index (χ1v) is 7.51. The summed E-state index contributed by atoms with van der Waals surface area (Å²) in [5, 5.41) is 0. The Morgan fingerprint density at radius 2 is 2.25 bits per heavy atom. The molecule has 0 aromatic heterocycles. The molecule has 4 heteroatoms. The minimum absolute atomic E-state index is 0.279. The number of benzene rings is 1. The Hall–Kier alpha value is -1.13. The van der Waals surface area contributed by atoms with Crippen LogP contribution in [0.5, 0.6) is 5.75 Å². The number of halogens is 1. The number of piperidine rings is 1. The maximum atomic E-state index is 13.9. The SMILES string of the molecule is CCOc1ccc(CN2CCCC(C)C2CN)cc1F. The molecule has 0 aliphatic carbocycles. The molecule has 2 unspecified atom stereocenters. The Balaban J connectivity index is 2.07. The number of likely N-dealkylation sites (tertiary alicyclic amines) is 1. The maximum Gasteiger partial charge on any atom is 0.165 e. The zero-order chi connectivity index (χ0) is 14.5. The third kappa shape index (κ3) is 3.49. The first-order valence-electron chi connectivity index (χ1n) is 7.51. The second kappa shape index (κ2) is 7.04. The summed E-state index contributed by atoms with van der Waals surface area (Å²) in [6, 6.07) is 5.65. The van der Waals surface area contributed by atoms with Gasteiger partial charge in [-0.3, -0.25) is 4.90 Å². The van der Waals surface area contributed by atoms with Gasteiger partial charge in [-0.25, -0.2) is 4.39 Å². The van der Waals surface area contributed by atoms with Crippen molar-refractivity contribution in [3.8, 4) is 5.75 Å². The molecule has 1 aromatic rings. The Bertz CT molecular complexity index is 438. The van der Waals surface area contributed by atoms with Crippen molar-refractivity contribution in [1.82, 2.24) is 4.90 Å². The van der Waals surface area contributed by atoms with E-state index >= 15 is 0 Å². The van der Waals surface area contributed by atoms with Crippen molar-refractivity contribution in [2.75, 3.05) is 19.7 Å². The van der Waals surface area contributed by atoms with Gasteiger partial charge in [-0.15, -0.1) is 0 Å². The van der Waals surface area contributed by atoms with E-state index in [1.54, 1.807) is 12.1 Å². The van der Waals surface area contributed by atoms with Crippen LogP contribution < -0.4 is 10.5 Å². The normalized spacial score (nSPS) is 23.8. The van der Waals surface area contributed by atoms with Crippen LogP contribution in [0.3, 0.4) is 0 Å². The van der Waals surface area contributed by atoms with E-state index < -0.39 is 0 Å². The largest absolute Gasteiger partial charge is 0.491 e. The van der Waals surface area contributed by atoms with Crippen LogP contribution in [0.1, 0.15) is 32.3 Å². The van der Waals surface area contributed by atoms with Gasteiger partial charge in [0.1, 0.15) is 0 Å². The summed E-state index contributed by atoms with van der Waals surface area (Å²) in [5.41, 5.74) is 6.88. The third-order valence-electron chi connectivity index (χ3n) is 4.15. The molecule has 1 aromatic carbocycles. The predicted molar refractivity (Wildman–Crippen MR) is 79.2 cm³/mol. The highest BCUT2D eigenvalue weighted by Gasteiger charge is 2.27. The van der Waals surface area contributed by atoms with Gasteiger partial charge in [0.15, 0.2) is 11.6 Å². The van der Waals surface area contributed by atoms with Gasteiger partial charge in [0.25, 0.3) is 0 Å². The van der Waals surface area contributed by atoms with Gasteiger partial charge in [0.2, 0.25) is 0 Å². The Labute approximate surface area is 120 Å². The Kier molecular flexibility index (Phi) is 5.38. The average molecular weight is 280 g/mol. The highest BCUT2D eigenvalue weighted by molar-refractivity contribution is 5.29. The van der Waals surface area contributed by atoms with E-state index in [1.807, 2.05) is 13.0 Å². The first kappa shape index (κ1) is 15.3. The van der Waals surface area contributed by atoms with Crippen molar-refractivity contribution in [3.05, 3.63) is 29.6 Å². The van der Waals surface area contributed by atoms with Crippen LogP contribution in [0.2, 0.25) is 0 Å². The summed E-state index contributed by atoms with van der Waals surface area (Å²) < 4.78 is 19.1. The molecule has 0 saturated carbocycles. The molecule has 0 spiro atoms. The molecule has 1 aliphatic rings. The molecule has 0 radical (unpaired) electrons. The van der Waals surface area contributed by atoms with Gasteiger partial charge >= 0.3 is 0 Å². The zero-order valence-corrected chi connectivity index (χ0v) is 12.4. The topological polar surface area (TPSA) is 38.5 Å². The molecule has 2 atom stereocenters. The van der Waals surface area contributed by atoms with Crippen LogP contribution in [-0.4, -0.2) is 30.6 Å². The van der Waals surface area contributed by atoms with Crippen molar-refractivity contribution in [2.24, 2.45) is 11.7 Å². The van der Waals surface area contributed by atoms with E-state index in [4.69, 9.17) is 10.5 Å². The molecule has 2 rings (SSSR count). The molecule has 1 heterocycles. The molecular formula is C16H25FN2O. The summed E-state index contributed by atoms with van der Waals surface area (Å²) in [7, 11) is 0. The monoisotopic (exact) mass is 280 g/mol. The molecule has 1 aliphatic heterocycles. The summed E-state index contributed by atoms with van der Waals surface area (Å²) in [6.45, 7) is 7.06. The number of nitrogens with zero attached hydrogens (tertiary/aromatic N) is 1. The Morgan fingerprint density at radius 1 is 1.45 bits per heavy atom. The lowest BCUT2D eigenvalue weighted by molar-refractivity contribution is 0.0989. The molecule has 112 valence electrons. The molecule has 0 amide bonds. The van der Waals surface area contributed by atoms with E-state index in [1.165, 1.54) is 12.8 Å². The summed E-state index contributed by atoms with van der Waals surface area (Å²) in [4.78, 5) is 2.38. The van der Waals surface area contributed by atoms with Crippen LogP contribution >= 0.6 is 0 Å². The van der Waals surface area contributed by atoms with Gasteiger partial charge in [-0.05, 0) is 49.9 Å². The van der Waals surface area contributed by atoms with Crippen LogP contribution in [0.25, 0.3) is 0 Å². The molecule has 2 N–H and O–H groups in total. The van der Waals surface area contributed by atoms with Crippen molar-refractivity contribution in [3.63, 3.8) is 0 Å². The van der Waals surface area contributed by atoms with Gasteiger partial charge in [-0.2, -0.15) is 0 Å². The summed E-state index contributed by atoms with van der Waals surface area (Å²) in [5.74, 6) is 0.665. The maximum absolute atomic E-state index is 13.9. The standard InChI is InChI=1S/C16H25FN2O/c1-3-20-16-7-6-13(9-14(16)17)11-19-8-4-5-12(2)15(19)10-18/h6-7,9,12,15H,3-5,8,10-11,18H2,1-2H3. The van der Waals surface area contributed by atoms with Gasteiger partial charge in [0, 0.05) is 19.1 Å². The van der Waals surface area contributed by atoms with Crippen LogP contribution in [0, 0.1) is 11.7 Å². The molecule has 1 saturated heterocycles. The molecule has 20 heavy (non-hydrogen) atoms. The number of ether oxygens (including phenoxy) is 1. The highest BCUT2D eigenvalue weighted by Crippen LogP contribution is 2.25. The second-order valence-electron chi connectivity index (χ2n) is 5.59. The molecule has 3 nitrogen and oxygen atoms in total. The summed E-state index contributed by atoms with van der Waals surface area (Å²) in [6.07, 6.45) is 2.42. The number of nitrogens with two attached hydrogens (primary N) is 1. The van der Waals surface area contributed by atoms with Crippen LogP contribution in [0.15, 0.2) is 18.2 Å². The van der Waals surface area contributed by atoms with E-state index in [2.05, 4.69) is 11.8 Å². The fourth-order valence-electron chi connectivity index (χ4n) is 3.06. The second-order valence-corrected chi connectivity index (χ2v) is 5.59. The van der Waals surface area contributed by atoms with Crippen LogP contribution in [-0.2, 0) is 6.54 Å². The van der Waals surface area contributed by atoms with E-state index in [0.29, 0.717) is 30.9 Å². The van der Waals surface area contributed by atoms with E-state index in [0.717, 1.165) is 18.7 Å². The number of hydrogen-bond acceptors (Lipinski definition) is 3. The number of hydrogen-bond donors (Lipinski definition) is 1. The lowest BCUT2D eigenvalue weighted by atomic mass is 9.90. The van der Waals surface area contributed by atoms with Crippen LogP contribution in [0.4, 0.5) is 4.39 Å². The Morgan fingerprint density at radius 3 is 2.90 bits per heavy atom. The van der Waals surface area contributed by atoms with Crippen molar-refractivity contribution < 1.29 is 9.13 Å². The smallest absolute Gasteiger partial charge is 0.165 e. The lowest BCUT2D eigenvalue weighted by Crippen LogP contribution is -2.48. The van der Waals surface area contributed by atoms with E-state index in [9.17, 15) is 4.39 Å². The van der Waals surface area contributed by atoms with Crippen molar-refractivity contribution in [2.45, 2.75) is 39.3 Å².